The zero-order valence-corrected chi connectivity index (χ0v) is 10.6. The van der Waals surface area contributed by atoms with Crippen molar-refractivity contribution in [3.63, 3.8) is 0 Å². The van der Waals surface area contributed by atoms with Gasteiger partial charge < -0.3 is 9.84 Å². The predicted octanol–water partition coefficient (Wildman–Crippen LogP) is 2.50. The number of aromatic nitrogens is 1. The van der Waals surface area contributed by atoms with E-state index in [9.17, 15) is 9.90 Å². The number of hydrogen-bond acceptors (Lipinski definition) is 3. The molecule has 2 rings (SSSR count). The molecule has 1 atom stereocenters. The average molecular weight is 257 g/mol. The number of carboxylic acid groups (broad SMARTS) is 1. The summed E-state index contributed by atoms with van der Waals surface area (Å²) in [4.78, 5) is 15.4. The highest BCUT2D eigenvalue weighted by molar-refractivity contribution is 5.76. The highest BCUT2D eigenvalue weighted by atomic mass is 16.5. The molecule has 0 bridgehead atoms. The molecule has 0 aliphatic rings. The first kappa shape index (κ1) is 13.1. The van der Waals surface area contributed by atoms with E-state index in [2.05, 4.69) is 4.98 Å². The van der Waals surface area contributed by atoms with Crippen LogP contribution in [0, 0.1) is 0 Å². The maximum absolute atomic E-state index is 11.4. The molecule has 0 aliphatic heterocycles. The second kappa shape index (κ2) is 6.00. The van der Waals surface area contributed by atoms with Crippen molar-refractivity contribution in [3.8, 4) is 5.75 Å². The number of rotatable bonds is 5. The second-order valence-corrected chi connectivity index (χ2v) is 4.23. The quantitative estimate of drug-likeness (QED) is 0.894. The Bertz CT molecular complexity index is 537. The molecule has 1 unspecified atom stereocenters. The molecule has 4 heteroatoms. The van der Waals surface area contributed by atoms with Gasteiger partial charge in [-0.05, 0) is 35.7 Å². The molecular weight excluding hydrogens is 242 g/mol. The Balaban J connectivity index is 2.22. The van der Waals surface area contributed by atoms with E-state index in [0.717, 1.165) is 11.1 Å². The highest BCUT2D eigenvalue weighted by Gasteiger charge is 2.20. The van der Waals surface area contributed by atoms with E-state index in [4.69, 9.17) is 4.74 Å². The third-order valence-corrected chi connectivity index (χ3v) is 2.98. The Kier molecular flexibility index (Phi) is 4.13. The van der Waals surface area contributed by atoms with Gasteiger partial charge >= 0.3 is 5.97 Å². The van der Waals surface area contributed by atoms with Crippen molar-refractivity contribution in [2.24, 2.45) is 0 Å². The molecular formula is C15H15NO3. The van der Waals surface area contributed by atoms with E-state index >= 15 is 0 Å². The van der Waals surface area contributed by atoms with Crippen molar-refractivity contribution in [2.75, 3.05) is 7.11 Å². The summed E-state index contributed by atoms with van der Waals surface area (Å²) in [6.45, 7) is 0. The lowest BCUT2D eigenvalue weighted by Crippen LogP contribution is -2.14. The molecule has 0 fully saturated rings. The smallest absolute Gasteiger partial charge is 0.311 e. The maximum Gasteiger partial charge on any atom is 0.311 e. The number of carbonyl (C=O) groups is 1. The Morgan fingerprint density at radius 2 is 2.05 bits per heavy atom. The number of nitrogens with zero attached hydrogens (tertiary/aromatic N) is 1. The van der Waals surface area contributed by atoms with Gasteiger partial charge in [0, 0.05) is 12.4 Å². The summed E-state index contributed by atoms with van der Waals surface area (Å²) >= 11 is 0. The zero-order chi connectivity index (χ0) is 13.7. The lowest BCUT2D eigenvalue weighted by atomic mass is 9.93. The molecule has 0 spiro atoms. The summed E-state index contributed by atoms with van der Waals surface area (Å²) < 4.78 is 5.07. The predicted molar refractivity (Wildman–Crippen MR) is 71.3 cm³/mol. The Morgan fingerprint density at radius 1 is 1.32 bits per heavy atom. The highest BCUT2D eigenvalue weighted by Crippen LogP contribution is 2.23. The van der Waals surface area contributed by atoms with Crippen molar-refractivity contribution in [1.82, 2.24) is 4.98 Å². The first-order chi connectivity index (χ1) is 9.20. The number of benzene rings is 1. The van der Waals surface area contributed by atoms with E-state index in [-0.39, 0.29) is 0 Å². The van der Waals surface area contributed by atoms with Crippen LogP contribution in [0.25, 0.3) is 0 Å². The first-order valence-corrected chi connectivity index (χ1v) is 5.96. The van der Waals surface area contributed by atoms with E-state index in [1.54, 1.807) is 43.8 Å². The largest absolute Gasteiger partial charge is 0.497 e. The van der Waals surface area contributed by atoms with Crippen LogP contribution in [0.2, 0.25) is 0 Å². The number of aliphatic carboxylic acids is 1. The van der Waals surface area contributed by atoms with Crippen LogP contribution >= 0.6 is 0 Å². The van der Waals surface area contributed by atoms with Crippen LogP contribution in [0.3, 0.4) is 0 Å². The monoisotopic (exact) mass is 257 g/mol. The summed E-state index contributed by atoms with van der Waals surface area (Å²) in [7, 11) is 1.58. The van der Waals surface area contributed by atoms with E-state index < -0.39 is 11.9 Å². The van der Waals surface area contributed by atoms with Crippen LogP contribution in [-0.2, 0) is 11.2 Å². The van der Waals surface area contributed by atoms with Gasteiger partial charge in [0.1, 0.15) is 5.75 Å². The molecule has 1 N–H and O–H groups in total. The number of methoxy groups -OCH3 is 1. The van der Waals surface area contributed by atoms with Gasteiger partial charge in [-0.2, -0.15) is 0 Å². The molecule has 1 heterocycles. The summed E-state index contributed by atoms with van der Waals surface area (Å²) in [6.07, 6.45) is 3.79. The second-order valence-electron chi connectivity index (χ2n) is 4.23. The molecule has 2 aromatic rings. The Hall–Kier alpha value is -2.36. The van der Waals surface area contributed by atoms with Crippen LogP contribution in [0.15, 0.2) is 48.8 Å². The minimum atomic E-state index is -0.839. The van der Waals surface area contributed by atoms with Crippen LogP contribution in [-0.4, -0.2) is 23.2 Å². The van der Waals surface area contributed by atoms with Crippen molar-refractivity contribution in [2.45, 2.75) is 12.3 Å². The lowest BCUT2D eigenvalue weighted by Gasteiger charge is -2.13. The summed E-state index contributed by atoms with van der Waals surface area (Å²) in [5.74, 6) is -0.696. The third-order valence-electron chi connectivity index (χ3n) is 2.98. The summed E-state index contributed by atoms with van der Waals surface area (Å²) in [5.41, 5.74) is 1.67. The van der Waals surface area contributed by atoms with Gasteiger partial charge in [0.15, 0.2) is 0 Å². The topological polar surface area (TPSA) is 59.4 Å². The van der Waals surface area contributed by atoms with Gasteiger partial charge in [-0.15, -0.1) is 0 Å². The normalized spacial score (nSPS) is 11.8. The van der Waals surface area contributed by atoms with E-state index in [0.29, 0.717) is 12.2 Å². The molecule has 19 heavy (non-hydrogen) atoms. The van der Waals surface area contributed by atoms with Crippen LogP contribution in [0.4, 0.5) is 0 Å². The fraction of sp³-hybridized carbons (Fsp3) is 0.200. The molecule has 0 radical (unpaired) electrons. The Labute approximate surface area is 111 Å². The van der Waals surface area contributed by atoms with Crippen molar-refractivity contribution < 1.29 is 14.6 Å². The molecule has 1 aromatic heterocycles. The minimum Gasteiger partial charge on any atom is -0.497 e. The number of pyridine rings is 1. The van der Waals surface area contributed by atoms with Gasteiger partial charge in [-0.1, -0.05) is 18.2 Å². The van der Waals surface area contributed by atoms with E-state index in [1.165, 1.54) is 0 Å². The van der Waals surface area contributed by atoms with E-state index in [1.807, 2.05) is 12.1 Å². The molecule has 4 nitrogen and oxygen atoms in total. The van der Waals surface area contributed by atoms with Crippen LogP contribution in [0.1, 0.15) is 17.0 Å². The summed E-state index contributed by atoms with van der Waals surface area (Å²) in [5, 5.41) is 9.36. The van der Waals surface area contributed by atoms with Gasteiger partial charge in [-0.25, -0.2) is 0 Å². The maximum atomic E-state index is 11.4. The molecule has 98 valence electrons. The molecule has 0 aliphatic carbocycles. The summed E-state index contributed by atoms with van der Waals surface area (Å²) in [6, 6.07) is 10.8. The first-order valence-electron chi connectivity index (χ1n) is 5.96. The molecule has 0 amide bonds. The molecule has 1 aromatic carbocycles. The fourth-order valence-corrected chi connectivity index (χ4v) is 1.94. The SMILES string of the molecule is COc1ccc(C(Cc2cccnc2)C(=O)O)cc1. The van der Waals surface area contributed by atoms with Crippen LogP contribution < -0.4 is 4.74 Å². The van der Waals surface area contributed by atoms with Gasteiger partial charge in [0.05, 0.1) is 13.0 Å². The third kappa shape index (κ3) is 3.31. The van der Waals surface area contributed by atoms with Crippen LogP contribution in [0.5, 0.6) is 5.75 Å². The fourth-order valence-electron chi connectivity index (χ4n) is 1.94. The molecule has 0 saturated heterocycles. The van der Waals surface area contributed by atoms with Gasteiger partial charge in [-0.3, -0.25) is 9.78 Å². The number of ether oxygens (including phenoxy) is 1. The van der Waals surface area contributed by atoms with Crippen molar-refractivity contribution in [3.05, 3.63) is 59.9 Å². The minimum absolute atomic E-state index is 0.426. The lowest BCUT2D eigenvalue weighted by molar-refractivity contribution is -0.138. The Morgan fingerprint density at radius 3 is 2.58 bits per heavy atom. The standard InChI is InChI=1S/C15H15NO3/c1-19-13-6-4-12(5-7-13)14(15(17)18)9-11-3-2-8-16-10-11/h2-8,10,14H,9H2,1H3,(H,17,18). The van der Waals surface area contributed by atoms with Crippen molar-refractivity contribution in [1.29, 1.82) is 0 Å². The van der Waals surface area contributed by atoms with Crippen molar-refractivity contribution >= 4 is 5.97 Å². The average Bonchev–Trinajstić information content (AvgIpc) is 2.46. The van der Waals surface area contributed by atoms with Gasteiger partial charge in [0.2, 0.25) is 0 Å². The zero-order valence-electron chi connectivity index (χ0n) is 10.6. The molecule has 0 saturated carbocycles. The van der Waals surface area contributed by atoms with Gasteiger partial charge in [0.25, 0.3) is 0 Å². The number of hydrogen-bond donors (Lipinski definition) is 1. The number of carboxylic acids is 1.